The fraction of sp³-hybridized carbons (Fsp3) is 0.381. The fourth-order valence-electron chi connectivity index (χ4n) is 3.43. The zero-order chi connectivity index (χ0) is 21.8. The molecule has 2 aromatic rings. The highest BCUT2D eigenvalue weighted by Crippen LogP contribution is 2.29. The molecule has 1 unspecified atom stereocenters. The molecule has 2 aliphatic heterocycles. The molecule has 8 nitrogen and oxygen atoms in total. The molecule has 2 aliphatic rings. The average Bonchev–Trinajstić information content (AvgIpc) is 3.34. The molecule has 2 N–H and O–H groups in total. The second-order valence-corrected chi connectivity index (χ2v) is 9.85. The number of hydrogen-bond acceptors (Lipinski definition) is 7. The molecule has 1 aromatic carbocycles. The molecule has 0 aliphatic carbocycles. The van der Waals surface area contributed by atoms with Gasteiger partial charge in [0.15, 0.2) is 10.3 Å². The molecule has 1 aromatic heterocycles. The van der Waals surface area contributed by atoms with Crippen LogP contribution in [0.5, 0.6) is 0 Å². The summed E-state index contributed by atoms with van der Waals surface area (Å²) in [5, 5.41) is 6.29. The van der Waals surface area contributed by atoms with Gasteiger partial charge in [0.05, 0.1) is 0 Å². The third kappa shape index (κ3) is 5.50. The van der Waals surface area contributed by atoms with E-state index in [-0.39, 0.29) is 24.1 Å². The van der Waals surface area contributed by atoms with E-state index in [4.69, 9.17) is 0 Å². The van der Waals surface area contributed by atoms with E-state index in [2.05, 4.69) is 25.5 Å². The highest BCUT2D eigenvalue weighted by atomic mass is 32.2. The van der Waals surface area contributed by atoms with Crippen LogP contribution in [0.1, 0.15) is 40.9 Å². The van der Waals surface area contributed by atoms with Gasteiger partial charge in [-0.15, -0.1) is 11.3 Å². The predicted molar refractivity (Wildman–Crippen MR) is 124 cm³/mol. The lowest BCUT2D eigenvalue weighted by Gasteiger charge is -2.27. The first-order valence-corrected chi connectivity index (χ1v) is 11.9. The number of thiazole rings is 1. The van der Waals surface area contributed by atoms with Crippen molar-refractivity contribution in [3.8, 4) is 0 Å². The summed E-state index contributed by atoms with van der Waals surface area (Å²) in [7, 11) is 0. The number of carbonyl (C=O) groups excluding carboxylic acids is 3. The lowest BCUT2D eigenvalue weighted by atomic mass is 10.1. The fourth-order valence-corrected chi connectivity index (χ4v) is 5.21. The molecule has 0 radical (unpaired) electrons. The Kier molecular flexibility index (Phi) is 6.67. The summed E-state index contributed by atoms with van der Waals surface area (Å²) in [5.74, 6) is -0.840. The molecule has 1 atom stereocenters. The molecule has 0 spiro atoms. The van der Waals surface area contributed by atoms with Crippen molar-refractivity contribution in [2.24, 2.45) is 4.99 Å². The van der Waals surface area contributed by atoms with E-state index in [9.17, 15) is 14.4 Å². The molecule has 1 fully saturated rings. The zero-order valence-electron chi connectivity index (χ0n) is 17.1. The molecule has 162 valence electrons. The van der Waals surface area contributed by atoms with Gasteiger partial charge in [-0.2, -0.15) is 4.99 Å². The molecule has 31 heavy (non-hydrogen) atoms. The Morgan fingerprint density at radius 1 is 1.19 bits per heavy atom. The zero-order valence-corrected chi connectivity index (χ0v) is 18.7. The number of amides is 3. The van der Waals surface area contributed by atoms with E-state index >= 15 is 0 Å². The molecule has 3 heterocycles. The largest absolute Gasteiger partial charge is 0.351 e. The van der Waals surface area contributed by atoms with Gasteiger partial charge in [-0.25, -0.2) is 4.98 Å². The molecule has 10 heteroatoms. The quantitative estimate of drug-likeness (QED) is 0.712. The number of likely N-dealkylation sites (tertiary alicyclic amines) is 1. The summed E-state index contributed by atoms with van der Waals surface area (Å²) < 4.78 is 0. The topological polar surface area (TPSA) is 104 Å². The number of aromatic nitrogens is 1. The van der Waals surface area contributed by atoms with Gasteiger partial charge < -0.3 is 10.2 Å². The highest BCUT2D eigenvalue weighted by Gasteiger charge is 2.33. The summed E-state index contributed by atoms with van der Waals surface area (Å²) in [4.78, 5) is 48.7. The minimum Gasteiger partial charge on any atom is -0.351 e. The average molecular weight is 458 g/mol. The van der Waals surface area contributed by atoms with Crippen LogP contribution in [-0.2, 0) is 9.59 Å². The normalized spacial score (nSPS) is 18.6. The maximum atomic E-state index is 12.5. The van der Waals surface area contributed by atoms with Gasteiger partial charge in [0.2, 0.25) is 5.91 Å². The lowest BCUT2D eigenvalue weighted by Crippen LogP contribution is -2.33. The first-order valence-electron chi connectivity index (χ1n) is 10.2. The predicted octanol–water partition coefficient (Wildman–Crippen LogP) is 3.52. The number of benzene rings is 1. The van der Waals surface area contributed by atoms with Crippen molar-refractivity contribution in [3.05, 3.63) is 40.9 Å². The Hall–Kier alpha value is -2.72. The monoisotopic (exact) mass is 457 g/mol. The van der Waals surface area contributed by atoms with Gasteiger partial charge in [0.25, 0.3) is 11.8 Å². The van der Waals surface area contributed by atoms with Crippen molar-refractivity contribution in [3.63, 3.8) is 0 Å². The van der Waals surface area contributed by atoms with Crippen molar-refractivity contribution in [2.75, 3.05) is 23.7 Å². The minimum absolute atomic E-state index is 0.0408. The number of anilines is 2. The minimum atomic E-state index is -0.503. The van der Waals surface area contributed by atoms with Crippen LogP contribution in [0.2, 0.25) is 0 Å². The number of nitrogens with one attached hydrogen (secondary N) is 2. The number of rotatable bonds is 5. The summed E-state index contributed by atoms with van der Waals surface area (Å²) >= 11 is 2.76. The van der Waals surface area contributed by atoms with Crippen LogP contribution in [0.3, 0.4) is 0 Å². The number of hydrogen-bond donors (Lipinski definition) is 2. The molecule has 0 saturated carbocycles. The van der Waals surface area contributed by atoms with Crippen LogP contribution in [0.4, 0.5) is 10.8 Å². The summed E-state index contributed by atoms with van der Waals surface area (Å²) in [6.07, 6.45) is 5.14. The van der Waals surface area contributed by atoms with E-state index in [1.54, 1.807) is 30.5 Å². The Balaban J connectivity index is 1.32. The molecule has 1 saturated heterocycles. The maximum absolute atomic E-state index is 12.5. The van der Waals surface area contributed by atoms with Gasteiger partial charge >= 0.3 is 0 Å². The second-order valence-electron chi connectivity index (χ2n) is 7.45. The van der Waals surface area contributed by atoms with Crippen molar-refractivity contribution >= 4 is 56.8 Å². The van der Waals surface area contributed by atoms with Gasteiger partial charge in [0, 0.05) is 41.8 Å². The van der Waals surface area contributed by atoms with Crippen LogP contribution in [0.25, 0.3) is 0 Å². The lowest BCUT2D eigenvalue weighted by molar-refractivity contribution is -0.121. The summed E-state index contributed by atoms with van der Waals surface area (Å²) in [5.41, 5.74) is 0.910. The van der Waals surface area contributed by atoms with Gasteiger partial charge in [-0.05, 0) is 44.4 Å². The van der Waals surface area contributed by atoms with Crippen LogP contribution >= 0.6 is 23.1 Å². The Bertz CT molecular complexity index is 1030. The standard InChI is InChI=1S/C21H23N5O3S2/c1-13-12-22-20(30-13)24-18(28)14-6-5-7-15(10-14)23-17(27)11-16-19(29)25-21(31-16)26-8-3-2-4-9-26/h5-7,10,12,16H,2-4,8-9,11H2,1H3,(H,23,27)(H,22,24,28). The van der Waals surface area contributed by atoms with E-state index in [0.717, 1.165) is 36.0 Å². The molecule has 3 amide bonds. The summed E-state index contributed by atoms with van der Waals surface area (Å²) in [6, 6.07) is 6.68. The van der Waals surface area contributed by atoms with Gasteiger partial charge in [0.1, 0.15) is 5.25 Å². The number of aryl methyl sites for hydroxylation is 1. The van der Waals surface area contributed by atoms with Crippen LogP contribution in [-0.4, -0.2) is 51.1 Å². The number of nitrogens with zero attached hydrogens (tertiary/aromatic N) is 3. The number of piperidine rings is 1. The van der Waals surface area contributed by atoms with E-state index in [1.165, 1.54) is 29.5 Å². The first kappa shape index (κ1) is 21.5. The number of aliphatic imine (C=N–C) groups is 1. The van der Waals surface area contributed by atoms with Gasteiger partial charge in [-0.1, -0.05) is 17.8 Å². The highest BCUT2D eigenvalue weighted by molar-refractivity contribution is 8.15. The molecule has 0 bridgehead atoms. The number of thioether (sulfide) groups is 1. The Labute approximate surface area is 188 Å². The maximum Gasteiger partial charge on any atom is 0.262 e. The van der Waals surface area contributed by atoms with E-state index < -0.39 is 5.25 Å². The van der Waals surface area contributed by atoms with E-state index in [0.29, 0.717) is 16.4 Å². The van der Waals surface area contributed by atoms with Crippen molar-refractivity contribution in [1.29, 1.82) is 0 Å². The third-order valence-electron chi connectivity index (χ3n) is 4.98. The SMILES string of the molecule is Cc1cnc(NC(=O)c2cccc(NC(=O)CC3SC(N4CCCCC4)=NC3=O)c2)s1. The Morgan fingerprint density at radius 3 is 2.74 bits per heavy atom. The molecule has 4 rings (SSSR count). The van der Waals surface area contributed by atoms with Crippen molar-refractivity contribution < 1.29 is 14.4 Å². The number of amidine groups is 1. The summed E-state index contributed by atoms with van der Waals surface area (Å²) in [6.45, 7) is 3.73. The van der Waals surface area contributed by atoms with Crippen LogP contribution in [0.15, 0.2) is 35.5 Å². The second kappa shape index (κ2) is 9.61. The van der Waals surface area contributed by atoms with Crippen LogP contribution in [0, 0.1) is 6.92 Å². The third-order valence-corrected chi connectivity index (χ3v) is 7.02. The van der Waals surface area contributed by atoms with Crippen LogP contribution < -0.4 is 10.6 Å². The molecular formula is C21H23N5O3S2. The van der Waals surface area contributed by atoms with Gasteiger partial charge in [-0.3, -0.25) is 19.7 Å². The molecular weight excluding hydrogens is 434 g/mol. The van der Waals surface area contributed by atoms with E-state index in [1.807, 2.05) is 6.92 Å². The smallest absolute Gasteiger partial charge is 0.262 e. The van der Waals surface area contributed by atoms with Crippen molar-refractivity contribution in [1.82, 2.24) is 9.88 Å². The Morgan fingerprint density at radius 2 is 2.00 bits per heavy atom. The first-order chi connectivity index (χ1) is 15.0. The number of carbonyl (C=O) groups is 3. The van der Waals surface area contributed by atoms with Crippen molar-refractivity contribution in [2.45, 2.75) is 37.9 Å².